The van der Waals surface area contributed by atoms with Crippen LogP contribution in [0.2, 0.25) is 0 Å². The summed E-state index contributed by atoms with van der Waals surface area (Å²) in [5, 5.41) is 14.8. The van der Waals surface area contributed by atoms with E-state index in [1.807, 2.05) is 18.2 Å². The summed E-state index contributed by atoms with van der Waals surface area (Å²) >= 11 is 0. The van der Waals surface area contributed by atoms with Crippen molar-refractivity contribution in [2.24, 2.45) is 0 Å². The van der Waals surface area contributed by atoms with Crippen LogP contribution >= 0.6 is 0 Å². The maximum Gasteiger partial charge on any atom is 0.414 e. The fourth-order valence-electron chi connectivity index (χ4n) is 4.00. The lowest BCUT2D eigenvalue weighted by Gasteiger charge is -2.36. The molecule has 2 aliphatic heterocycles. The first-order valence-corrected chi connectivity index (χ1v) is 10.8. The lowest BCUT2D eigenvalue weighted by atomic mass is 10.1. The van der Waals surface area contributed by atoms with Crippen molar-refractivity contribution in [1.82, 2.24) is 9.80 Å². The quantitative estimate of drug-likeness (QED) is 0.479. The molecule has 2 amide bonds. The highest BCUT2D eigenvalue weighted by atomic mass is 16.5. The Morgan fingerprint density at radius 2 is 1.35 bits per heavy atom. The van der Waals surface area contributed by atoms with Gasteiger partial charge in [-0.2, -0.15) is 0 Å². The summed E-state index contributed by atoms with van der Waals surface area (Å²) < 4.78 is 5.47. The molecule has 0 atom stereocenters. The van der Waals surface area contributed by atoms with E-state index in [-0.39, 0.29) is 11.8 Å². The van der Waals surface area contributed by atoms with Crippen molar-refractivity contribution in [1.29, 1.82) is 0 Å². The van der Waals surface area contributed by atoms with Gasteiger partial charge in [0.1, 0.15) is 5.75 Å². The number of hydrogen-bond donors (Lipinski definition) is 2. The standard InChI is InChI=1S/C22H25N3O3.C2H2O4/c1-28-20-10-5-4-9-19(20)24-15-13-23(14-16-24)11-6-12-25-21(26)17-7-2-3-8-18(17)22(25)27;3-1(4)2(5)6/h2-5,7-10H,6,11-16H2,1H3;(H,3,4)(H,5,6). The zero-order chi connectivity index (χ0) is 24.7. The number of carboxylic acid groups (broad SMARTS) is 2. The number of methoxy groups -OCH3 is 1. The minimum atomic E-state index is -1.82. The van der Waals surface area contributed by atoms with Crippen LogP contribution in [0, 0.1) is 0 Å². The summed E-state index contributed by atoms with van der Waals surface area (Å²) in [4.78, 5) is 49.2. The third-order valence-electron chi connectivity index (χ3n) is 5.72. The number of piperazine rings is 1. The Morgan fingerprint density at radius 1 is 0.824 bits per heavy atom. The van der Waals surface area contributed by atoms with Gasteiger partial charge in [-0.15, -0.1) is 0 Å². The molecule has 4 rings (SSSR count). The molecular formula is C24H27N3O7. The Hall–Kier alpha value is -3.92. The summed E-state index contributed by atoms with van der Waals surface area (Å²) in [7, 11) is 1.70. The van der Waals surface area contributed by atoms with Gasteiger partial charge in [0.15, 0.2) is 0 Å². The molecule has 0 radical (unpaired) electrons. The molecule has 180 valence electrons. The average molecular weight is 469 g/mol. The van der Waals surface area contributed by atoms with Gasteiger partial charge in [-0.1, -0.05) is 24.3 Å². The maximum absolute atomic E-state index is 12.4. The van der Waals surface area contributed by atoms with Crippen LogP contribution in [-0.2, 0) is 9.59 Å². The highest BCUT2D eigenvalue weighted by molar-refractivity contribution is 6.27. The summed E-state index contributed by atoms with van der Waals surface area (Å²) in [6.45, 7) is 5.15. The number of hydrogen-bond acceptors (Lipinski definition) is 7. The van der Waals surface area contributed by atoms with E-state index in [9.17, 15) is 9.59 Å². The molecule has 2 N–H and O–H groups in total. The topological polar surface area (TPSA) is 128 Å². The van der Waals surface area contributed by atoms with Gasteiger partial charge < -0.3 is 19.8 Å². The zero-order valence-electron chi connectivity index (χ0n) is 18.8. The first kappa shape index (κ1) is 24.7. The van der Waals surface area contributed by atoms with E-state index >= 15 is 0 Å². The van der Waals surface area contributed by atoms with E-state index in [0.29, 0.717) is 17.7 Å². The average Bonchev–Trinajstić information content (AvgIpc) is 3.10. The summed E-state index contributed by atoms with van der Waals surface area (Å²) in [5.74, 6) is -3.07. The lowest BCUT2D eigenvalue weighted by Crippen LogP contribution is -2.47. The fourth-order valence-corrected chi connectivity index (χ4v) is 4.00. The van der Waals surface area contributed by atoms with Crippen LogP contribution in [0.5, 0.6) is 5.75 Å². The van der Waals surface area contributed by atoms with Crippen molar-refractivity contribution in [2.45, 2.75) is 6.42 Å². The molecule has 0 saturated carbocycles. The molecule has 0 aromatic heterocycles. The van der Waals surface area contributed by atoms with Crippen molar-refractivity contribution >= 4 is 29.4 Å². The van der Waals surface area contributed by atoms with Gasteiger partial charge in [-0.05, 0) is 37.2 Å². The largest absolute Gasteiger partial charge is 0.495 e. The van der Waals surface area contributed by atoms with E-state index in [0.717, 1.165) is 50.6 Å². The van der Waals surface area contributed by atoms with E-state index in [2.05, 4.69) is 15.9 Å². The van der Waals surface area contributed by atoms with Crippen LogP contribution in [0.4, 0.5) is 5.69 Å². The lowest BCUT2D eigenvalue weighted by molar-refractivity contribution is -0.159. The number of anilines is 1. The van der Waals surface area contributed by atoms with Crippen LogP contribution in [0.3, 0.4) is 0 Å². The molecule has 0 spiro atoms. The Balaban J connectivity index is 0.000000481. The minimum Gasteiger partial charge on any atom is -0.495 e. The molecule has 34 heavy (non-hydrogen) atoms. The van der Waals surface area contributed by atoms with Crippen LogP contribution in [0.1, 0.15) is 27.1 Å². The van der Waals surface area contributed by atoms with Crippen LogP contribution in [0.15, 0.2) is 48.5 Å². The predicted molar refractivity (Wildman–Crippen MR) is 123 cm³/mol. The van der Waals surface area contributed by atoms with Crippen LogP contribution in [0.25, 0.3) is 0 Å². The van der Waals surface area contributed by atoms with Gasteiger partial charge in [0.25, 0.3) is 11.8 Å². The normalized spacial score (nSPS) is 15.4. The molecule has 2 aromatic carbocycles. The van der Waals surface area contributed by atoms with Crippen LogP contribution < -0.4 is 9.64 Å². The first-order chi connectivity index (χ1) is 16.3. The van der Waals surface area contributed by atoms with E-state index in [1.165, 1.54) is 4.90 Å². The summed E-state index contributed by atoms with van der Waals surface area (Å²) in [6.07, 6.45) is 0.792. The van der Waals surface area contributed by atoms with Gasteiger partial charge in [0, 0.05) is 32.7 Å². The fraction of sp³-hybridized carbons (Fsp3) is 0.333. The van der Waals surface area contributed by atoms with Crippen molar-refractivity contribution < 1.29 is 34.1 Å². The van der Waals surface area contributed by atoms with E-state index < -0.39 is 11.9 Å². The number of carboxylic acids is 2. The van der Waals surface area contributed by atoms with E-state index in [4.69, 9.17) is 24.5 Å². The molecule has 0 bridgehead atoms. The number of aliphatic carboxylic acids is 2. The Labute approximate surface area is 196 Å². The molecule has 1 fully saturated rings. The number of nitrogens with zero attached hydrogens (tertiary/aromatic N) is 3. The van der Waals surface area contributed by atoms with Gasteiger partial charge >= 0.3 is 11.9 Å². The number of rotatable bonds is 6. The number of carbonyl (C=O) groups excluding carboxylic acids is 2. The second kappa shape index (κ2) is 11.3. The third-order valence-corrected chi connectivity index (χ3v) is 5.72. The molecule has 0 aliphatic carbocycles. The molecule has 0 unspecified atom stereocenters. The SMILES string of the molecule is COc1ccccc1N1CCN(CCCN2C(=O)c3ccccc3C2=O)CC1.O=C(O)C(=O)O. The van der Waals surface area contributed by atoms with Gasteiger partial charge in [0.2, 0.25) is 0 Å². The molecule has 1 saturated heterocycles. The summed E-state index contributed by atoms with van der Waals surface area (Å²) in [6, 6.07) is 15.2. The highest BCUT2D eigenvalue weighted by Gasteiger charge is 2.34. The minimum absolute atomic E-state index is 0.165. The first-order valence-electron chi connectivity index (χ1n) is 10.8. The number of benzene rings is 2. The molecule has 2 heterocycles. The zero-order valence-corrected chi connectivity index (χ0v) is 18.8. The smallest absolute Gasteiger partial charge is 0.414 e. The van der Waals surface area contributed by atoms with Crippen molar-refractivity contribution in [3.05, 3.63) is 59.7 Å². The number of carbonyl (C=O) groups is 4. The van der Waals surface area contributed by atoms with Gasteiger partial charge in [-0.25, -0.2) is 9.59 Å². The second-order valence-corrected chi connectivity index (χ2v) is 7.77. The second-order valence-electron chi connectivity index (χ2n) is 7.77. The highest BCUT2D eigenvalue weighted by Crippen LogP contribution is 2.28. The van der Waals surface area contributed by atoms with Crippen molar-refractivity contribution in [3.63, 3.8) is 0 Å². The molecule has 10 nitrogen and oxygen atoms in total. The Kier molecular flexibility index (Phi) is 8.20. The number of amides is 2. The predicted octanol–water partition coefficient (Wildman–Crippen LogP) is 1.66. The Bertz CT molecular complexity index is 1020. The monoisotopic (exact) mass is 469 g/mol. The van der Waals surface area contributed by atoms with Crippen molar-refractivity contribution in [2.75, 3.05) is 51.3 Å². The van der Waals surface area contributed by atoms with Crippen molar-refractivity contribution in [3.8, 4) is 5.75 Å². The van der Waals surface area contributed by atoms with Gasteiger partial charge in [-0.3, -0.25) is 19.4 Å². The van der Waals surface area contributed by atoms with Gasteiger partial charge in [0.05, 0.1) is 23.9 Å². The summed E-state index contributed by atoms with van der Waals surface area (Å²) in [5.41, 5.74) is 2.19. The Morgan fingerprint density at radius 3 is 1.88 bits per heavy atom. The van der Waals surface area contributed by atoms with Crippen LogP contribution in [-0.4, -0.2) is 90.1 Å². The molecule has 2 aromatic rings. The number of fused-ring (bicyclic) bond motifs is 1. The maximum atomic E-state index is 12.4. The van der Waals surface area contributed by atoms with E-state index in [1.54, 1.807) is 31.4 Å². The molecule has 2 aliphatic rings. The third kappa shape index (κ3) is 5.70. The number of ether oxygens (including phenoxy) is 1. The molecule has 10 heteroatoms. The molecular weight excluding hydrogens is 442 g/mol. The number of imide groups is 1. The number of para-hydroxylation sites is 2.